The molecule has 0 bridgehead atoms. The van der Waals surface area contributed by atoms with Crippen LogP contribution < -0.4 is 15.6 Å². The molecule has 1 amide bonds. The minimum absolute atomic E-state index is 0.0327. The van der Waals surface area contributed by atoms with Crippen molar-refractivity contribution in [2.45, 2.75) is 39.9 Å². The van der Waals surface area contributed by atoms with Crippen LogP contribution in [0.25, 0.3) is 11.3 Å². The normalized spacial score (nSPS) is 14.7. The number of hydrogen-bond acceptors (Lipinski definition) is 6. The van der Waals surface area contributed by atoms with E-state index in [-0.39, 0.29) is 24.1 Å². The van der Waals surface area contributed by atoms with Crippen molar-refractivity contribution in [2.24, 2.45) is 0 Å². The predicted molar refractivity (Wildman–Crippen MR) is 147 cm³/mol. The van der Waals surface area contributed by atoms with E-state index >= 15 is 0 Å². The molecule has 220 valence electrons. The van der Waals surface area contributed by atoms with E-state index in [4.69, 9.17) is 4.74 Å². The first kappa shape index (κ1) is 30.2. The van der Waals surface area contributed by atoms with Gasteiger partial charge in [0, 0.05) is 50.7 Å². The summed E-state index contributed by atoms with van der Waals surface area (Å²) < 4.78 is 62.4. The Morgan fingerprint density at radius 1 is 1.07 bits per heavy atom. The number of alkyl halides is 3. The molecule has 0 unspecified atom stereocenters. The third-order valence-corrected chi connectivity index (χ3v) is 7.09. The van der Waals surface area contributed by atoms with Crippen LogP contribution in [-0.4, -0.2) is 65.0 Å². The van der Waals surface area contributed by atoms with Crippen molar-refractivity contribution >= 4 is 11.6 Å². The summed E-state index contributed by atoms with van der Waals surface area (Å²) in [5, 5.41) is 2.30. The van der Waals surface area contributed by atoms with Gasteiger partial charge in [-0.25, -0.2) is 4.39 Å². The van der Waals surface area contributed by atoms with E-state index in [0.29, 0.717) is 54.0 Å². The molecule has 0 aliphatic carbocycles. The second-order valence-corrected chi connectivity index (χ2v) is 9.87. The van der Waals surface area contributed by atoms with Crippen molar-refractivity contribution in [1.82, 2.24) is 19.8 Å². The molecule has 1 saturated heterocycles. The number of aromatic amines is 1. The highest BCUT2D eigenvalue weighted by atomic mass is 19.4. The van der Waals surface area contributed by atoms with Crippen molar-refractivity contribution in [3.8, 4) is 17.0 Å². The number of anilines is 1. The first-order valence-corrected chi connectivity index (χ1v) is 13.4. The fourth-order valence-corrected chi connectivity index (χ4v) is 4.83. The molecule has 0 radical (unpaired) electrons. The molecule has 8 nitrogen and oxygen atoms in total. The maximum atomic E-state index is 15.0. The van der Waals surface area contributed by atoms with Crippen LogP contribution in [0.2, 0.25) is 0 Å². The Bertz CT molecular complexity index is 1450. The van der Waals surface area contributed by atoms with Gasteiger partial charge in [-0.1, -0.05) is 13.0 Å². The van der Waals surface area contributed by atoms with Gasteiger partial charge < -0.3 is 19.9 Å². The van der Waals surface area contributed by atoms with Crippen LogP contribution in [0.3, 0.4) is 0 Å². The van der Waals surface area contributed by atoms with Gasteiger partial charge in [0.15, 0.2) is 0 Å². The average Bonchev–Trinajstić information content (AvgIpc) is 2.91. The summed E-state index contributed by atoms with van der Waals surface area (Å²) in [6.07, 6.45) is -3.46. The Labute approximate surface area is 235 Å². The number of pyridine rings is 2. The van der Waals surface area contributed by atoms with Gasteiger partial charge >= 0.3 is 6.18 Å². The molecule has 1 aliphatic rings. The minimum Gasteiger partial charge on any atom is -0.493 e. The summed E-state index contributed by atoms with van der Waals surface area (Å²) in [6, 6.07) is 6.15. The Hall–Kier alpha value is -3.77. The van der Waals surface area contributed by atoms with Crippen LogP contribution in [0.4, 0.5) is 23.2 Å². The van der Waals surface area contributed by atoms with Gasteiger partial charge in [-0.05, 0) is 49.7 Å². The fourth-order valence-electron chi connectivity index (χ4n) is 4.83. The molecule has 0 spiro atoms. The van der Waals surface area contributed by atoms with Crippen molar-refractivity contribution in [3.63, 3.8) is 0 Å². The highest BCUT2D eigenvalue weighted by Crippen LogP contribution is 2.36. The number of amides is 1. The van der Waals surface area contributed by atoms with E-state index in [1.165, 1.54) is 12.3 Å². The Morgan fingerprint density at radius 2 is 1.78 bits per heavy atom. The maximum absolute atomic E-state index is 15.0. The molecular weight excluding hydrogens is 542 g/mol. The lowest BCUT2D eigenvalue weighted by Gasteiger charge is -2.34. The second-order valence-electron chi connectivity index (χ2n) is 9.87. The molecule has 0 saturated carbocycles. The SMILES string of the molecule is CCOc1cc(=O)[nH]cc1-c1ccc(CC(=O)Nc2cc(C(F)(F)F)c(CN3CCN(CC)CC3)cc2F)c(C)n1. The van der Waals surface area contributed by atoms with Gasteiger partial charge in [-0.2, -0.15) is 13.2 Å². The van der Waals surface area contributed by atoms with Crippen LogP contribution in [0.5, 0.6) is 5.75 Å². The minimum atomic E-state index is -4.72. The molecule has 41 heavy (non-hydrogen) atoms. The van der Waals surface area contributed by atoms with Gasteiger partial charge in [-0.15, -0.1) is 0 Å². The van der Waals surface area contributed by atoms with Gasteiger partial charge in [0.2, 0.25) is 5.91 Å². The number of aryl methyl sites for hydroxylation is 1. The monoisotopic (exact) mass is 575 g/mol. The van der Waals surface area contributed by atoms with E-state index in [9.17, 15) is 27.2 Å². The first-order chi connectivity index (χ1) is 19.5. The Morgan fingerprint density at radius 3 is 2.41 bits per heavy atom. The smallest absolute Gasteiger partial charge is 0.416 e. The quantitative estimate of drug-likeness (QED) is 0.362. The van der Waals surface area contributed by atoms with E-state index in [2.05, 4.69) is 20.2 Å². The van der Waals surface area contributed by atoms with Crippen LogP contribution in [0, 0.1) is 12.7 Å². The van der Waals surface area contributed by atoms with Gasteiger partial charge in [0.1, 0.15) is 11.6 Å². The lowest BCUT2D eigenvalue weighted by Crippen LogP contribution is -2.45. The molecule has 12 heteroatoms. The number of halogens is 4. The number of H-pyrrole nitrogens is 1. The van der Waals surface area contributed by atoms with Crippen LogP contribution in [-0.2, 0) is 23.9 Å². The summed E-state index contributed by atoms with van der Waals surface area (Å²) in [5.41, 5.74) is 0.0556. The molecule has 1 fully saturated rings. The number of hydrogen-bond donors (Lipinski definition) is 2. The number of rotatable bonds is 9. The zero-order chi connectivity index (χ0) is 29.7. The second kappa shape index (κ2) is 12.8. The summed E-state index contributed by atoms with van der Waals surface area (Å²) >= 11 is 0. The predicted octanol–water partition coefficient (Wildman–Crippen LogP) is 4.62. The highest BCUT2D eigenvalue weighted by Gasteiger charge is 2.35. The lowest BCUT2D eigenvalue weighted by molar-refractivity contribution is -0.138. The Balaban J connectivity index is 1.50. The number of likely N-dealkylation sites (N-methyl/N-ethyl adjacent to an activating group) is 1. The number of nitrogens with zero attached hydrogens (tertiary/aromatic N) is 3. The van der Waals surface area contributed by atoms with E-state index in [1.54, 1.807) is 26.0 Å². The maximum Gasteiger partial charge on any atom is 0.416 e. The third kappa shape index (κ3) is 7.50. The number of carbonyl (C=O) groups excluding carboxylic acids is 1. The topological polar surface area (TPSA) is 90.6 Å². The Kier molecular flexibility index (Phi) is 9.44. The molecule has 2 aromatic heterocycles. The molecule has 1 aliphatic heterocycles. The lowest BCUT2D eigenvalue weighted by atomic mass is 10.0. The van der Waals surface area contributed by atoms with Crippen LogP contribution in [0.1, 0.15) is 36.2 Å². The fraction of sp³-hybridized carbons (Fsp3) is 0.414. The summed E-state index contributed by atoms with van der Waals surface area (Å²) in [4.78, 5) is 35.6. The molecule has 2 N–H and O–H groups in total. The zero-order valence-electron chi connectivity index (χ0n) is 23.2. The average molecular weight is 576 g/mol. The molecular formula is C29H33F4N5O3. The van der Waals surface area contributed by atoms with Crippen LogP contribution in [0.15, 0.2) is 41.3 Å². The summed E-state index contributed by atoms with van der Waals surface area (Å²) in [5.74, 6) is -1.26. The van der Waals surface area contributed by atoms with Gasteiger partial charge in [-0.3, -0.25) is 19.5 Å². The number of piperazine rings is 1. The van der Waals surface area contributed by atoms with E-state index in [0.717, 1.165) is 25.7 Å². The number of nitrogens with one attached hydrogen (secondary N) is 2. The standard InChI is InChI=1S/C29H33F4N5O3/c1-4-37-8-10-38(11-9-37)17-20-12-23(30)25(14-22(20)29(31,32)33)36-28(40)13-19-6-7-24(35-18(19)3)21-16-34-27(39)15-26(21)41-5-2/h6-7,12,14-16H,4-5,8-11,13,17H2,1-3H3,(H,34,39)(H,36,40). The molecule has 3 heterocycles. The van der Waals surface area contributed by atoms with Crippen molar-refractivity contribution in [2.75, 3.05) is 44.6 Å². The summed E-state index contributed by atoms with van der Waals surface area (Å²) in [7, 11) is 0. The van der Waals surface area contributed by atoms with E-state index in [1.807, 2.05) is 11.8 Å². The third-order valence-electron chi connectivity index (χ3n) is 7.09. The molecule has 0 atom stereocenters. The largest absolute Gasteiger partial charge is 0.493 e. The van der Waals surface area contributed by atoms with Gasteiger partial charge in [0.25, 0.3) is 5.56 Å². The highest BCUT2D eigenvalue weighted by molar-refractivity contribution is 5.92. The number of ether oxygens (including phenoxy) is 1. The molecule has 3 aromatic rings. The van der Waals surface area contributed by atoms with Crippen molar-refractivity contribution in [3.05, 3.63) is 75.1 Å². The summed E-state index contributed by atoms with van der Waals surface area (Å²) in [6.45, 7) is 9.33. The van der Waals surface area contributed by atoms with Crippen LogP contribution >= 0.6 is 0 Å². The number of aromatic nitrogens is 2. The van der Waals surface area contributed by atoms with E-state index < -0.39 is 29.2 Å². The number of carbonyl (C=O) groups is 1. The molecule has 4 rings (SSSR count). The zero-order valence-corrected chi connectivity index (χ0v) is 23.2. The first-order valence-electron chi connectivity index (χ1n) is 13.4. The number of benzene rings is 1. The van der Waals surface area contributed by atoms with Crippen molar-refractivity contribution in [1.29, 1.82) is 0 Å². The van der Waals surface area contributed by atoms with Gasteiger partial charge in [0.05, 0.1) is 35.5 Å². The molecule has 1 aromatic carbocycles. The van der Waals surface area contributed by atoms with Crippen molar-refractivity contribution < 1.29 is 27.1 Å².